The largest absolute Gasteiger partial charge is 0.310 e. The fourth-order valence-corrected chi connectivity index (χ4v) is 3.72. The Balaban J connectivity index is 1.56. The maximum atomic E-state index is 12.5. The average molecular weight is 388 g/mol. The predicted octanol–water partition coefficient (Wildman–Crippen LogP) is 4.79. The van der Waals surface area contributed by atoms with Crippen molar-refractivity contribution in [1.29, 1.82) is 0 Å². The van der Waals surface area contributed by atoms with Crippen molar-refractivity contribution in [2.75, 3.05) is 5.32 Å². The summed E-state index contributed by atoms with van der Waals surface area (Å²) >= 11 is 1.50. The maximum absolute atomic E-state index is 12.5. The standard InChI is InChI=1S/C22H20N4OS/c1-15-8-10-18(11-9-15)19-14-28-22(23-19)26-20(12-16(2)25-26)24-21(27)13-17-6-4-3-5-7-17/h3-12,14H,13H2,1-2H3,(H,24,27). The van der Waals surface area contributed by atoms with Gasteiger partial charge in [0, 0.05) is 17.0 Å². The monoisotopic (exact) mass is 388 g/mol. The molecule has 0 saturated heterocycles. The number of aryl methyl sites for hydroxylation is 2. The van der Waals surface area contributed by atoms with Crippen LogP contribution in [-0.4, -0.2) is 20.7 Å². The van der Waals surface area contributed by atoms with Gasteiger partial charge in [0.1, 0.15) is 5.82 Å². The minimum Gasteiger partial charge on any atom is -0.310 e. The Labute approximate surface area is 167 Å². The number of carbonyl (C=O) groups is 1. The molecular formula is C22H20N4OS. The molecule has 4 aromatic rings. The van der Waals surface area contributed by atoms with Crippen LogP contribution in [0.5, 0.6) is 0 Å². The van der Waals surface area contributed by atoms with Gasteiger partial charge in [-0.3, -0.25) is 4.79 Å². The molecule has 2 aromatic carbocycles. The van der Waals surface area contributed by atoms with Crippen LogP contribution in [-0.2, 0) is 11.2 Å². The van der Waals surface area contributed by atoms with Crippen molar-refractivity contribution < 1.29 is 4.79 Å². The van der Waals surface area contributed by atoms with Crippen molar-refractivity contribution in [1.82, 2.24) is 14.8 Å². The Hall–Kier alpha value is -3.25. The van der Waals surface area contributed by atoms with Crippen LogP contribution in [0.25, 0.3) is 16.4 Å². The van der Waals surface area contributed by atoms with Gasteiger partial charge in [-0.1, -0.05) is 60.2 Å². The maximum Gasteiger partial charge on any atom is 0.229 e. The molecule has 0 radical (unpaired) electrons. The molecule has 0 unspecified atom stereocenters. The first-order valence-corrected chi connectivity index (χ1v) is 9.90. The molecule has 1 N–H and O–H groups in total. The van der Waals surface area contributed by atoms with E-state index in [-0.39, 0.29) is 5.91 Å². The summed E-state index contributed by atoms with van der Waals surface area (Å²) in [5.41, 5.74) is 4.97. The molecule has 0 atom stereocenters. The van der Waals surface area contributed by atoms with Gasteiger partial charge in [0.15, 0.2) is 0 Å². The smallest absolute Gasteiger partial charge is 0.229 e. The number of nitrogens with zero attached hydrogens (tertiary/aromatic N) is 3. The second kappa shape index (κ2) is 7.78. The van der Waals surface area contributed by atoms with Crippen LogP contribution in [0.15, 0.2) is 66.0 Å². The number of benzene rings is 2. The van der Waals surface area contributed by atoms with Crippen molar-refractivity contribution in [3.05, 3.63) is 82.9 Å². The number of aromatic nitrogens is 3. The summed E-state index contributed by atoms with van der Waals surface area (Å²) < 4.78 is 1.70. The van der Waals surface area contributed by atoms with E-state index < -0.39 is 0 Å². The minimum atomic E-state index is -0.0809. The zero-order chi connectivity index (χ0) is 19.5. The van der Waals surface area contributed by atoms with Crippen LogP contribution in [0, 0.1) is 13.8 Å². The van der Waals surface area contributed by atoms with E-state index in [9.17, 15) is 4.79 Å². The third kappa shape index (κ3) is 4.02. The molecule has 0 spiro atoms. The molecule has 2 aromatic heterocycles. The fourth-order valence-electron chi connectivity index (χ4n) is 2.92. The molecule has 1 amide bonds. The third-order valence-corrected chi connectivity index (χ3v) is 5.14. The van der Waals surface area contributed by atoms with Gasteiger partial charge in [-0.2, -0.15) is 9.78 Å². The molecule has 2 heterocycles. The first-order chi connectivity index (χ1) is 13.6. The number of rotatable bonds is 5. The summed E-state index contributed by atoms with van der Waals surface area (Å²) in [5.74, 6) is 0.547. The Morgan fingerprint density at radius 1 is 1.07 bits per heavy atom. The van der Waals surface area contributed by atoms with Crippen LogP contribution < -0.4 is 5.32 Å². The van der Waals surface area contributed by atoms with Crippen LogP contribution in [0.2, 0.25) is 0 Å². The molecule has 140 valence electrons. The van der Waals surface area contributed by atoms with E-state index in [4.69, 9.17) is 4.98 Å². The predicted molar refractivity (Wildman–Crippen MR) is 113 cm³/mol. The van der Waals surface area contributed by atoms with Crippen LogP contribution in [0.3, 0.4) is 0 Å². The van der Waals surface area contributed by atoms with E-state index in [1.165, 1.54) is 16.9 Å². The van der Waals surface area contributed by atoms with Gasteiger partial charge in [-0.25, -0.2) is 4.98 Å². The molecule has 0 fully saturated rings. The van der Waals surface area contributed by atoms with Gasteiger partial charge in [-0.05, 0) is 19.4 Å². The zero-order valence-corrected chi connectivity index (χ0v) is 16.5. The summed E-state index contributed by atoms with van der Waals surface area (Å²) in [7, 11) is 0. The summed E-state index contributed by atoms with van der Waals surface area (Å²) in [6.07, 6.45) is 0.317. The highest BCUT2D eigenvalue weighted by atomic mass is 32.1. The van der Waals surface area contributed by atoms with Crippen LogP contribution in [0.1, 0.15) is 16.8 Å². The Bertz CT molecular complexity index is 1100. The summed E-state index contributed by atoms with van der Waals surface area (Å²) in [6, 6.07) is 19.8. The van der Waals surface area contributed by atoms with E-state index in [2.05, 4.69) is 41.6 Å². The van der Waals surface area contributed by atoms with Gasteiger partial charge in [-0.15, -0.1) is 11.3 Å². The number of nitrogens with one attached hydrogen (secondary N) is 1. The van der Waals surface area contributed by atoms with E-state index in [1.807, 2.05) is 48.7 Å². The number of carbonyl (C=O) groups excluding carboxylic acids is 1. The number of thiazole rings is 1. The second-order valence-electron chi connectivity index (χ2n) is 6.67. The van der Waals surface area contributed by atoms with Crippen molar-refractivity contribution in [2.45, 2.75) is 20.3 Å². The highest BCUT2D eigenvalue weighted by molar-refractivity contribution is 7.12. The van der Waals surface area contributed by atoms with Gasteiger partial charge in [0.25, 0.3) is 0 Å². The lowest BCUT2D eigenvalue weighted by Crippen LogP contribution is -2.17. The number of anilines is 1. The van der Waals surface area contributed by atoms with Gasteiger partial charge in [0.2, 0.25) is 11.0 Å². The zero-order valence-electron chi connectivity index (χ0n) is 15.7. The molecule has 0 aliphatic carbocycles. The molecule has 6 heteroatoms. The third-order valence-electron chi connectivity index (χ3n) is 4.33. The van der Waals surface area contributed by atoms with Gasteiger partial charge in [0.05, 0.1) is 17.8 Å². The fraction of sp³-hybridized carbons (Fsp3) is 0.136. The highest BCUT2D eigenvalue weighted by Gasteiger charge is 2.14. The second-order valence-corrected chi connectivity index (χ2v) is 7.51. The number of hydrogen-bond acceptors (Lipinski definition) is 4. The first kappa shape index (κ1) is 18.1. The number of hydrogen-bond donors (Lipinski definition) is 1. The lowest BCUT2D eigenvalue weighted by Gasteiger charge is -2.06. The average Bonchev–Trinajstić information content (AvgIpc) is 3.30. The molecule has 4 rings (SSSR count). The van der Waals surface area contributed by atoms with Gasteiger partial charge >= 0.3 is 0 Å². The molecule has 0 bridgehead atoms. The Morgan fingerprint density at radius 3 is 2.57 bits per heavy atom. The SMILES string of the molecule is Cc1ccc(-c2csc(-n3nc(C)cc3NC(=O)Cc3ccccc3)n2)cc1. The van der Waals surface area contributed by atoms with Crippen LogP contribution >= 0.6 is 11.3 Å². The summed E-state index contributed by atoms with van der Waals surface area (Å²) in [6.45, 7) is 3.96. The lowest BCUT2D eigenvalue weighted by molar-refractivity contribution is -0.115. The van der Waals surface area contributed by atoms with E-state index in [0.717, 1.165) is 27.6 Å². The molecule has 0 saturated carbocycles. The number of amides is 1. The topological polar surface area (TPSA) is 59.8 Å². The minimum absolute atomic E-state index is 0.0809. The molecule has 0 aliphatic heterocycles. The Kier molecular flexibility index (Phi) is 5.04. The van der Waals surface area contributed by atoms with Gasteiger partial charge < -0.3 is 5.32 Å². The quantitative estimate of drug-likeness (QED) is 0.534. The van der Waals surface area contributed by atoms with Crippen molar-refractivity contribution in [3.8, 4) is 16.4 Å². The van der Waals surface area contributed by atoms with E-state index in [0.29, 0.717) is 12.2 Å². The molecule has 28 heavy (non-hydrogen) atoms. The Morgan fingerprint density at radius 2 is 1.82 bits per heavy atom. The summed E-state index contributed by atoms with van der Waals surface area (Å²) in [5, 5.41) is 10.2. The van der Waals surface area contributed by atoms with Crippen molar-refractivity contribution in [3.63, 3.8) is 0 Å². The van der Waals surface area contributed by atoms with E-state index in [1.54, 1.807) is 4.68 Å². The van der Waals surface area contributed by atoms with Crippen LogP contribution in [0.4, 0.5) is 5.82 Å². The molecule has 5 nitrogen and oxygen atoms in total. The first-order valence-electron chi connectivity index (χ1n) is 9.02. The van der Waals surface area contributed by atoms with E-state index >= 15 is 0 Å². The molecular weight excluding hydrogens is 368 g/mol. The van der Waals surface area contributed by atoms with Crippen molar-refractivity contribution in [2.24, 2.45) is 0 Å². The highest BCUT2D eigenvalue weighted by Crippen LogP contribution is 2.26. The normalized spacial score (nSPS) is 10.8. The molecule has 0 aliphatic rings. The lowest BCUT2D eigenvalue weighted by atomic mass is 10.1. The van der Waals surface area contributed by atoms with Crippen molar-refractivity contribution >= 4 is 23.1 Å². The summed E-state index contributed by atoms with van der Waals surface area (Å²) in [4.78, 5) is 17.2.